The van der Waals surface area contributed by atoms with Crippen LogP contribution in [0.1, 0.15) is 32.7 Å². The molecule has 0 radical (unpaired) electrons. The van der Waals surface area contributed by atoms with E-state index in [0.29, 0.717) is 0 Å². The number of aromatic carboxylic acids is 1. The first-order valence-corrected chi connectivity index (χ1v) is 11.1. The third-order valence-corrected chi connectivity index (χ3v) is 5.78. The zero-order valence-corrected chi connectivity index (χ0v) is 20.2. The van der Waals surface area contributed by atoms with Gasteiger partial charge in [-0.3, -0.25) is 9.79 Å². The summed E-state index contributed by atoms with van der Waals surface area (Å²) in [5, 5.41) is 19.2. The highest BCUT2D eigenvalue weighted by Gasteiger charge is 2.35. The Labute approximate surface area is 217 Å². The molecule has 0 spiro atoms. The fourth-order valence-corrected chi connectivity index (χ4v) is 3.67. The van der Waals surface area contributed by atoms with Gasteiger partial charge < -0.3 is 15.8 Å². The number of benzene rings is 3. The van der Waals surface area contributed by atoms with Gasteiger partial charge in [-0.15, -0.1) is 0 Å². The first-order valence-electron chi connectivity index (χ1n) is 9.98. The smallest absolute Gasteiger partial charge is 0.429 e. The van der Waals surface area contributed by atoms with Crippen molar-refractivity contribution in [3.63, 3.8) is 0 Å². The van der Waals surface area contributed by atoms with Crippen LogP contribution in [0.5, 0.6) is 0 Å². The molecule has 0 atom stereocenters. The van der Waals surface area contributed by atoms with Gasteiger partial charge in [-0.1, -0.05) is 59.1 Å². The van der Waals surface area contributed by atoms with E-state index < -0.39 is 35.7 Å². The second-order valence-electron chi connectivity index (χ2n) is 7.28. The summed E-state index contributed by atoms with van der Waals surface area (Å²) in [6, 6.07) is 14.2. The SMILES string of the molecule is N=C(CC(=Nc1ccccc1Cl)c1ccc(C(=O)Nc2c(Cl)ccc(Cl)c2C(=O)O)cc1)C(F)(F)F. The Kier molecular flexibility index (Phi) is 8.39. The fraction of sp³-hybridized carbons (Fsp3) is 0.0833. The molecular weight excluding hydrogens is 542 g/mol. The van der Waals surface area contributed by atoms with Crippen LogP contribution >= 0.6 is 34.8 Å². The van der Waals surface area contributed by atoms with Gasteiger partial charge in [-0.05, 0) is 42.0 Å². The van der Waals surface area contributed by atoms with Crippen LogP contribution in [0.3, 0.4) is 0 Å². The van der Waals surface area contributed by atoms with Crippen molar-refractivity contribution in [2.75, 3.05) is 5.32 Å². The number of nitrogens with zero attached hydrogens (tertiary/aromatic N) is 1. The number of carboxylic acid groups (broad SMARTS) is 1. The lowest BCUT2D eigenvalue weighted by Crippen LogP contribution is -2.25. The first-order chi connectivity index (χ1) is 16.9. The quantitative estimate of drug-likeness (QED) is 0.260. The minimum absolute atomic E-state index is 0.0501. The molecule has 186 valence electrons. The van der Waals surface area contributed by atoms with Crippen LogP contribution in [0.4, 0.5) is 24.5 Å². The molecule has 0 aliphatic rings. The number of carboxylic acids is 1. The van der Waals surface area contributed by atoms with E-state index in [1.807, 2.05) is 0 Å². The molecule has 0 fully saturated rings. The van der Waals surface area contributed by atoms with Gasteiger partial charge in [0.2, 0.25) is 0 Å². The zero-order chi connectivity index (χ0) is 26.6. The lowest BCUT2D eigenvalue weighted by Gasteiger charge is -2.13. The molecule has 1 amide bonds. The minimum Gasteiger partial charge on any atom is -0.478 e. The summed E-state index contributed by atoms with van der Waals surface area (Å²) in [5.74, 6) is -2.14. The van der Waals surface area contributed by atoms with E-state index in [0.717, 1.165) is 0 Å². The number of aliphatic imine (C=N–C) groups is 1. The summed E-state index contributed by atoms with van der Waals surface area (Å²) >= 11 is 18.1. The number of carbonyl (C=O) groups excluding carboxylic acids is 1. The maximum absolute atomic E-state index is 13.1. The summed E-state index contributed by atoms with van der Waals surface area (Å²) in [4.78, 5) is 28.5. The maximum Gasteiger partial charge on any atom is 0.429 e. The van der Waals surface area contributed by atoms with E-state index in [9.17, 15) is 27.9 Å². The molecule has 0 aliphatic carbocycles. The highest BCUT2D eigenvalue weighted by molar-refractivity contribution is 6.39. The van der Waals surface area contributed by atoms with Crippen LogP contribution in [-0.4, -0.2) is 34.6 Å². The topological polar surface area (TPSA) is 103 Å². The number of hydrogen-bond acceptors (Lipinski definition) is 4. The second-order valence-corrected chi connectivity index (χ2v) is 8.50. The summed E-state index contributed by atoms with van der Waals surface area (Å²) in [6.45, 7) is 0. The van der Waals surface area contributed by atoms with Crippen LogP contribution in [0, 0.1) is 5.41 Å². The van der Waals surface area contributed by atoms with Crippen LogP contribution in [0.25, 0.3) is 0 Å². The molecule has 3 N–H and O–H groups in total. The summed E-state index contributed by atoms with van der Waals surface area (Å²) < 4.78 is 39.2. The van der Waals surface area contributed by atoms with Crippen molar-refractivity contribution in [2.24, 2.45) is 4.99 Å². The molecule has 0 bridgehead atoms. The van der Waals surface area contributed by atoms with Crippen molar-refractivity contribution in [2.45, 2.75) is 12.6 Å². The standard InChI is InChI=1S/C24H15Cl3F3N3O3/c25-14-3-1-2-4-17(14)32-18(11-19(31)24(28,29)30)12-5-7-13(8-6-12)22(34)33-21-16(27)10-9-15(26)20(21)23(35)36/h1-10,31H,11H2,(H,33,34)(H,35,36). The van der Waals surface area contributed by atoms with Crippen molar-refractivity contribution in [3.8, 4) is 0 Å². The Bertz CT molecular complexity index is 1370. The number of nitrogens with one attached hydrogen (secondary N) is 2. The molecule has 3 rings (SSSR count). The van der Waals surface area contributed by atoms with Gasteiger partial charge in [0.1, 0.15) is 11.3 Å². The molecule has 0 unspecified atom stereocenters. The van der Waals surface area contributed by atoms with Crippen LogP contribution < -0.4 is 5.32 Å². The molecule has 0 saturated carbocycles. The number of amides is 1. The Hall–Kier alpha value is -3.40. The van der Waals surface area contributed by atoms with Gasteiger partial charge in [-0.2, -0.15) is 13.2 Å². The number of halogens is 6. The highest BCUT2D eigenvalue weighted by atomic mass is 35.5. The number of anilines is 1. The Morgan fingerprint density at radius 3 is 2.06 bits per heavy atom. The molecule has 0 heterocycles. The molecule has 12 heteroatoms. The van der Waals surface area contributed by atoms with Gasteiger partial charge in [0.15, 0.2) is 0 Å². The van der Waals surface area contributed by atoms with Crippen molar-refractivity contribution < 1.29 is 27.9 Å². The molecule has 0 saturated heterocycles. The summed E-state index contributed by atoms with van der Waals surface area (Å²) in [5.41, 5.74) is -1.72. The lowest BCUT2D eigenvalue weighted by molar-refractivity contribution is -0.0605. The van der Waals surface area contributed by atoms with Crippen molar-refractivity contribution in [1.82, 2.24) is 0 Å². The average molecular weight is 557 g/mol. The average Bonchev–Trinajstić information content (AvgIpc) is 2.81. The van der Waals surface area contributed by atoms with Crippen LogP contribution in [0.15, 0.2) is 65.7 Å². The molecule has 3 aromatic rings. The molecule has 36 heavy (non-hydrogen) atoms. The second kappa shape index (κ2) is 11.1. The number of rotatable bonds is 7. The zero-order valence-electron chi connectivity index (χ0n) is 18.0. The minimum atomic E-state index is -4.85. The number of carbonyl (C=O) groups is 2. The first kappa shape index (κ1) is 27.2. The molecule has 0 aromatic heterocycles. The van der Waals surface area contributed by atoms with Gasteiger partial charge in [-0.25, -0.2) is 4.79 Å². The van der Waals surface area contributed by atoms with E-state index >= 15 is 0 Å². The predicted molar refractivity (Wildman–Crippen MR) is 134 cm³/mol. The van der Waals surface area contributed by atoms with E-state index in [1.165, 1.54) is 48.5 Å². The summed E-state index contributed by atoms with van der Waals surface area (Å²) in [7, 11) is 0. The van der Waals surface area contributed by atoms with Crippen molar-refractivity contribution >= 4 is 69.5 Å². The summed E-state index contributed by atoms with van der Waals surface area (Å²) in [6.07, 6.45) is -5.68. The normalized spacial score (nSPS) is 11.8. The van der Waals surface area contributed by atoms with Gasteiger partial charge in [0, 0.05) is 12.0 Å². The fourth-order valence-electron chi connectivity index (χ4n) is 3.04. The van der Waals surface area contributed by atoms with E-state index in [4.69, 9.17) is 40.2 Å². The Balaban J connectivity index is 1.94. The molecular formula is C24H15Cl3F3N3O3. The van der Waals surface area contributed by atoms with E-state index in [-0.39, 0.29) is 43.3 Å². The Morgan fingerprint density at radius 2 is 1.47 bits per heavy atom. The number of hydrogen-bond donors (Lipinski definition) is 3. The number of para-hydroxylation sites is 1. The van der Waals surface area contributed by atoms with Crippen LogP contribution in [-0.2, 0) is 0 Å². The monoisotopic (exact) mass is 555 g/mol. The van der Waals surface area contributed by atoms with Crippen molar-refractivity contribution in [1.29, 1.82) is 5.41 Å². The number of alkyl halides is 3. The molecule has 0 aliphatic heterocycles. The van der Waals surface area contributed by atoms with E-state index in [1.54, 1.807) is 12.1 Å². The van der Waals surface area contributed by atoms with Gasteiger partial charge in [0.25, 0.3) is 5.91 Å². The predicted octanol–water partition coefficient (Wildman–Crippen LogP) is 7.69. The molecule has 6 nitrogen and oxygen atoms in total. The molecule has 3 aromatic carbocycles. The van der Waals surface area contributed by atoms with E-state index in [2.05, 4.69) is 10.3 Å². The van der Waals surface area contributed by atoms with Crippen LogP contribution in [0.2, 0.25) is 15.1 Å². The lowest BCUT2D eigenvalue weighted by atomic mass is 10.0. The largest absolute Gasteiger partial charge is 0.478 e. The third-order valence-electron chi connectivity index (χ3n) is 4.83. The maximum atomic E-state index is 13.1. The highest BCUT2D eigenvalue weighted by Crippen LogP contribution is 2.32. The Morgan fingerprint density at radius 1 is 0.889 bits per heavy atom. The third kappa shape index (κ3) is 6.42. The van der Waals surface area contributed by atoms with Gasteiger partial charge >= 0.3 is 12.1 Å². The van der Waals surface area contributed by atoms with Crippen molar-refractivity contribution in [3.05, 3.63) is 92.4 Å². The van der Waals surface area contributed by atoms with Gasteiger partial charge in [0.05, 0.1) is 32.2 Å².